The molecule has 90 valence electrons. The van der Waals surface area contributed by atoms with Gasteiger partial charge in [-0.15, -0.1) is 0 Å². The quantitative estimate of drug-likeness (QED) is 0.625. The predicted molar refractivity (Wildman–Crippen MR) is 77.5 cm³/mol. The van der Waals surface area contributed by atoms with Crippen LogP contribution in [0.25, 0.3) is 0 Å². The molecule has 0 amide bonds. The third kappa shape index (κ3) is 2.22. The summed E-state index contributed by atoms with van der Waals surface area (Å²) in [5, 5.41) is 0.556. The zero-order chi connectivity index (χ0) is 11.8. The Morgan fingerprint density at radius 1 is 1.00 bits per heavy atom. The van der Waals surface area contributed by atoms with Crippen molar-refractivity contribution in [3.05, 3.63) is 0 Å². The van der Waals surface area contributed by atoms with E-state index < -0.39 is 0 Å². The normalized spacial score (nSPS) is 26.7. The standard InChI is InChI=1S/C14H28B2/c1-11(2)14(15,16)12-5-9-13(10-6-12)7-3-4-8-13/h11-12H,3-10,15-16H2,1-2H3. The van der Waals surface area contributed by atoms with Crippen LogP contribution < -0.4 is 0 Å². The number of rotatable bonds is 2. The summed E-state index contributed by atoms with van der Waals surface area (Å²) in [6.07, 6.45) is 12.2. The van der Waals surface area contributed by atoms with Crippen molar-refractivity contribution in [3.8, 4) is 0 Å². The molecule has 0 nitrogen and oxygen atoms in total. The van der Waals surface area contributed by atoms with Gasteiger partial charge >= 0.3 is 0 Å². The molecule has 2 saturated carbocycles. The van der Waals surface area contributed by atoms with E-state index in [4.69, 9.17) is 0 Å². The Balaban J connectivity index is 1.94. The highest BCUT2D eigenvalue weighted by Gasteiger charge is 2.42. The third-order valence-electron chi connectivity index (χ3n) is 6.25. The molecule has 2 fully saturated rings. The van der Waals surface area contributed by atoms with Crippen molar-refractivity contribution in [3.63, 3.8) is 0 Å². The molecular formula is C14H28B2. The lowest BCUT2D eigenvalue weighted by Gasteiger charge is -2.46. The molecule has 2 rings (SSSR count). The zero-order valence-electron chi connectivity index (χ0n) is 11.8. The molecule has 0 aromatic rings. The summed E-state index contributed by atoms with van der Waals surface area (Å²) in [7, 11) is 4.99. The van der Waals surface area contributed by atoms with E-state index in [2.05, 4.69) is 29.5 Å². The van der Waals surface area contributed by atoms with Gasteiger partial charge in [0, 0.05) is 0 Å². The maximum absolute atomic E-state index is 2.50. The van der Waals surface area contributed by atoms with Gasteiger partial charge in [0.2, 0.25) is 0 Å². The fourth-order valence-corrected chi connectivity index (χ4v) is 4.07. The smallest absolute Gasteiger partial charge is 0.0796 e. The van der Waals surface area contributed by atoms with Crippen LogP contribution in [-0.4, -0.2) is 15.7 Å². The van der Waals surface area contributed by atoms with Crippen LogP contribution in [0.3, 0.4) is 0 Å². The summed E-state index contributed by atoms with van der Waals surface area (Å²) >= 11 is 0. The Kier molecular flexibility index (Phi) is 3.48. The predicted octanol–water partition coefficient (Wildman–Crippen LogP) is 2.78. The minimum absolute atomic E-state index is 0.556. The molecular weight excluding hydrogens is 190 g/mol. The van der Waals surface area contributed by atoms with E-state index in [1.54, 1.807) is 12.8 Å². The summed E-state index contributed by atoms with van der Waals surface area (Å²) in [4.78, 5) is 0. The molecule has 0 aromatic carbocycles. The lowest BCUT2D eigenvalue weighted by atomic mass is 9.41. The van der Waals surface area contributed by atoms with Crippen molar-refractivity contribution < 1.29 is 0 Å². The SMILES string of the molecule is BC(B)(C(C)C)C1CCC2(CCCC2)CC1. The van der Waals surface area contributed by atoms with Gasteiger partial charge in [-0.25, -0.2) is 0 Å². The summed E-state index contributed by atoms with van der Waals surface area (Å²) < 4.78 is 0. The van der Waals surface area contributed by atoms with Crippen molar-refractivity contribution >= 4 is 15.7 Å². The lowest BCUT2D eigenvalue weighted by molar-refractivity contribution is 0.135. The van der Waals surface area contributed by atoms with E-state index >= 15 is 0 Å². The van der Waals surface area contributed by atoms with Gasteiger partial charge in [-0.05, 0) is 37.0 Å². The second-order valence-corrected chi connectivity index (χ2v) is 7.46. The van der Waals surface area contributed by atoms with Crippen molar-refractivity contribution in [2.24, 2.45) is 17.3 Å². The van der Waals surface area contributed by atoms with Gasteiger partial charge in [-0.3, -0.25) is 0 Å². The molecule has 0 unspecified atom stereocenters. The van der Waals surface area contributed by atoms with Crippen molar-refractivity contribution in [1.82, 2.24) is 0 Å². The monoisotopic (exact) mass is 218 g/mol. The molecule has 0 heterocycles. The lowest BCUT2D eigenvalue weighted by Crippen LogP contribution is -2.35. The Morgan fingerprint density at radius 2 is 1.50 bits per heavy atom. The highest BCUT2D eigenvalue weighted by molar-refractivity contribution is 6.40. The molecule has 0 atom stereocenters. The van der Waals surface area contributed by atoms with Crippen LogP contribution in [0.4, 0.5) is 0 Å². The molecule has 16 heavy (non-hydrogen) atoms. The topological polar surface area (TPSA) is 0 Å². The first kappa shape index (κ1) is 12.6. The third-order valence-corrected chi connectivity index (χ3v) is 6.25. The molecule has 0 aromatic heterocycles. The Morgan fingerprint density at radius 3 is 1.94 bits per heavy atom. The van der Waals surface area contributed by atoms with E-state index in [-0.39, 0.29) is 0 Å². The van der Waals surface area contributed by atoms with Crippen LogP contribution in [-0.2, 0) is 0 Å². The van der Waals surface area contributed by atoms with Gasteiger partial charge in [0.05, 0.1) is 15.7 Å². The Bertz CT molecular complexity index is 229. The van der Waals surface area contributed by atoms with Crippen LogP contribution in [0.1, 0.15) is 65.2 Å². The van der Waals surface area contributed by atoms with E-state index in [1.165, 1.54) is 38.5 Å². The van der Waals surface area contributed by atoms with Crippen LogP contribution in [0, 0.1) is 17.3 Å². The highest BCUT2D eigenvalue weighted by atomic mass is 14.4. The highest BCUT2D eigenvalue weighted by Crippen LogP contribution is 2.54. The molecule has 2 aliphatic rings. The van der Waals surface area contributed by atoms with Crippen molar-refractivity contribution in [1.29, 1.82) is 0 Å². The average molecular weight is 218 g/mol. The van der Waals surface area contributed by atoms with Crippen LogP contribution in [0.2, 0.25) is 5.21 Å². The van der Waals surface area contributed by atoms with Gasteiger partial charge < -0.3 is 0 Å². The fraction of sp³-hybridized carbons (Fsp3) is 1.00. The van der Waals surface area contributed by atoms with Crippen molar-refractivity contribution in [2.75, 3.05) is 0 Å². The zero-order valence-corrected chi connectivity index (χ0v) is 11.8. The van der Waals surface area contributed by atoms with Crippen LogP contribution in [0.5, 0.6) is 0 Å². The first-order chi connectivity index (χ1) is 7.46. The molecule has 0 saturated heterocycles. The second kappa shape index (κ2) is 4.42. The van der Waals surface area contributed by atoms with Crippen molar-refractivity contribution in [2.45, 2.75) is 70.4 Å². The van der Waals surface area contributed by atoms with E-state index in [0.717, 1.165) is 17.3 Å². The molecule has 2 aliphatic carbocycles. The van der Waals surface area contributed by atoms with Crippen LogP contribution in [0.15, 0.2) is 0 Å². The Hall–Kier alpha value is 0.130. The molecule has 0 N–H and O–H groups in total. The summed E-state index contributed by atoms with van der Waals surface area (Å²) in [5.41, 5.74) is 0.809. The van der Waals surface area contributed by atoms with E-state index in [1.807, 2.05) is 0 Å². The van der Waals surface area contributed by atoms with Gasteiger partial charge in [-0.2, -0.15) is 0 Å². The van der Waals surface area contributed by atoms with Gasteiger partial charge in [0.1, 0.15) is 0 Å². The maximum atomic E-state index is 2.50. The van der Waals surface area contributed by atoms with Gasteiger partial charge in [0.25, 0.3) is 0 Å². The first-order valence-corrected chi connectivity index (χ1v) is 7.46. The van der Waals surface area contributed by atoms with Gasteiger partial charge in [0.15, 0.2) is 0 Å². The summed E-state index contributed by atoms with van der Waals surface area (Å²) in [6.45, 7) is 4.81. The molecule has 0 aliphatic heterocycles. The molecule has 2 heteroatoms. The summed E-state index contributed by atoms with van der Waals surface area (Å²) in [5.74, 6) is 1.81. The minimum atomic E-state index is 0.556. The molecule has 1 spiro atoms. The number of hydrogen-bond acceptors (Lipinski definition) is 0. The van der Waals surface area contributed by atoms with E-state index in [9.17, 15) is 0 Å². The summed E-state index contributed by atoms with van der Waals surface area (Å²) in [6, 6.07) is 0. The second-order valence-electron chi connectivity index (χ2n) is 7.46. The maximum Gasteiger partial charge on any atom is 0.0998 e. The average Bonchev–Trinajstić information content (AvgIpc) is 2.67. The minimum Gasteiger partial charge on any atom is -0.0796 e. The van der Waals surface area contributed by atoms with Gasteiger partial charge in [-0.1, -0.05) is 50.7 Å². The fourth-order valence-electron chi connectivity index (χ4n) is 4.07. The van der Waals surface area contributed by atoms with Crippen LogP contribution >= 0.6 is 0 Å². The number of hydrogen-bond donors (Lipinski definition) is 0. The molecule has 0 bridgehead atoms. The molecule has 0 radical (unpaired) electrons. The Labute approximate surface area is 104 Å². The van der Waals surface area contributed by atoms with E-state index in [0.29, 0.717) is 5.21 Å². The largest absolute Gasteiger partial charge is 0.0998 e. The first-order valence-electron chi connectivity index (χ1n) is 7.46.